The van der Waals surface area contributed by atoms with Crippen molar-refractivity contribution in [2.75, 3.05) is 0 Å². The number of phenols is 2. The zero-order valence-corrected chi connectivity index (χ0v) is 26.7. The van der Waals surface area contributed by atoms with Crippen molar-refractivity contribution in [2.24, 2.45) is 0 Å². The number of phenolic OH excluding ortho intramolecular Hbond substituents is 2. The smallest absolute Gasteiger partial charge is 0.178 e. The van der Waals surface area contributed by atoms with Gasteiger partial charge in [0.05, 0.1) is 0 Å². The molecule has 41 heavy (non-hydrogen) atoms. The summed E-state index contributed by atoms with van der Waals surface area (Å²) in [6.07, 6.45) is -6.98. The summed E-state index contributed by atoms with van der Waals surface area (Å²) in [7, 11) is 0. The Hall–Kier alpha value is 1.10. The van der Waals surface area contributed by atoms with Crippen molar-refractivity contribution in [1.29, 1.82) is 0 Å². The third kappa shape index (κ3) is 37.2. The second kappa shape index (κ2) is 48.0. The maximum Gasteiger partial charge on any atom is 0.178 e. The molecule has 0 aromatic heterocycles. The van der Waals surface area contributed by atoms with Crippen molar-refractivity contribution in [3.63, 3.8) is 0 Å². The monoisotopic (exact) mass is 1070 g/mol. The number of aliphatic hydroxyl groups is 8. The van der Waals surface area contributed by atoms with Crippen LogP contribution in [-0.4, -0.2) is 117 Å². The van der Waals surface area contributed by atoms with Crippen LogP contribution in [0.5, 0.6) is 11.5 Å². The number of hydrogen-bond acceptors (Lipinski definition) is 10. The van der Waals surface area contributed by atoms with E-state index in [0.717, 1.165) is 24.3 Å². The van der Waals surface area contributed by atoms with Gasteiger partial charge in [-0.05, 0) is 36.4 Å². The second-order valence-electron chi connectivity index (χ2n) is 5.21. The summed E-state index contributed by atoms with van der Waals surface area (Å²) < 4.78 is 0. The van der Waals surface area contributed by atoms with E-state index in [-0.39, 0.29) is 215 Å². The molecule has 0 amide bonds. The molecule has 22 nitrogen and oxygen atoms in total. The zero-order valence-electron chi connectivity index (χ0n) is 20.2. The van der Waals surface area contributed by atoms with Crippen LogP contribution in [0.15, 0.2) is 36.4 Å². The zero-order chi connectivity index (χ0) is 20.0. The molecule has 0 saturated heterocycles. The Morgan fingerprint density at radius 3 is 0.512 bits per heavy atom. The van der Waals surface area contributed by atoms with Gasteiger partial charge in [-0.1, -0.05) is 0 Å². The number of aromatic hydroxyl groups is 2. The minimum absolute atomic E-state index is 0. The molecule has 267 valence electrons. The van der Waals surface area contributed by atoms with Gasteiger partial charge in [0, 0.05) is 138 Å². The van der Waals surface area contributed by atoms with Crippen LogP contribution in [-0.2, 0) is 0 Å². The fourth-order valence-corrected chi connectivity index (χ4v) is 1.91. The summed E-state index contributed by atoms with van der Waals surface area (Å²) in [6.45, 7) is 0. The Bertz CT molecular complexity index is 626. The van der Waals surface area contributed by atoms with Crippen LogP contribution in [0.3, 0.4) is 0 Å². The van der Waals surface area contributed by atoms with Crippen molar-refractivity contribution in [1.82, 2.24) is 0 Å². The van der Waals surface area contributed by atoms with E-state index in [4.69, 9.17) is 51.1 Å². The van der Waals surface area contributed by atoms with Crippen LogP contribution < -0.4 is 0 Å². The SMILES string of the molecule is O.O.O.O.O.O.O.O.O.O.O.O.Oc1cc(C(O)O)cc(C(O)O)c1.Oc1cc(C(O)O)cc(C(O)O)c1.[Tb].[Tb].[Tb]. The van der Waals surface area contributed by atoms with Gasteiger partial charge in [-0.15, -0.1) is 0 Å². The second-order valence-corrected chi connectivity index (χ2v) is 5.21. The molecule has 2 rings (SSSR count). The molecular formula is C16H44O22Tb3. The molecule has 2 aromatic rings. The first-order chi connectivity index (χ1) is 12.0. The van der Waals surface area contributed by atoms with E-state index in [1.807, 2.05) is 0 Å². The maximum atomic E-state index is 9.05. The molecule has 0 aliphatic heterocycles. The molecule has 0 unspecified atom stereocenters. The summed E-state index contributed by atoms with van der Waals surface area (Å²) >= 11 is 0. The molecule has 0 spiro atoms. The summed E-state index contributed by atoms with van der Waals surface area (Å²) in [4.78, 5) is 0. The van der Waals surface area contributed by atoms with Crippen LogP contribution in [0.1, 0.15) is 47.4 Å². The van der Waals surface area contributed by atoms with Gasteiger partial charge in [-0.2, -0.15) is 0 Å². The first kappa shape index (κ1) is 96.8. The van der Waals surface area contributed by atoms with E-state index < -0.39 is 25.2 Å². The van der Waals surface area contributed by atoms with Crippen LogP contribution in [0, 0.1) is 116 Å². The molecule has 2 aromatic carbocycles. The van der Waals surface area contributed by atoms with Crippen molar-refractivity contribution in [2.45, 2.75) is 25.2 Å². The molecule has 25 heteroatoms. The number of rotatable bonds is 4. The van der Waals surface area contributed by atoms with Gasteiger partial charge in [-0.25, -0.2) is 0 Å². The Morgan fingerprint density at radius 1 is 0.293 bits per heavy atom. The first-order valence-electron chi connectivity index (χ1n) is 7.13. The van der Waals surface area contributed by atoms with Crippen LogP contribution in [0.25, 0.3) is 0 Å². The molecular weight excluding hydrogens is 1020 g/mol. The molecule has 0 aliphatic rings. The van der Waals surface area contributed by atoms with Crippen LogP contribution in [0.4, 0.5) is 0 Å². The molecule has 34 N–H and O–H groups in total. The summed E-state index contributed by atoms with van der Waals surface area (Å²) in [5, 5.41) is 88.0. The van der Waals surface area contributed by atoms with Crippen molar-refractivity contribution in [3.8, 4) is 11.5 Å². The Balaban J connectivity index is -0.0000000186. The van der Waals surface area contributed by atoms with E-state index in [0.29, 0.717) is 0 Å². The summed E-state index contributed by atoms with van der Waals surface area (Å²) in [5.74, 6) is -0.512. The van der Waals surface area contributed by atoms with E-state index in [9.17, 15) is 0 Å². The molecule has 0 heterocycles. The minimum atomic E-state index is -1.75. The summed E-state index contributed by atoms with van der Waals surface area (Å²) in [5.41, 5.74) is 0.0115. The average molecular weight is 1070 g/mol. The van der Waals surface area contributed by atoms with Gasteiger partial charge in [0.15, 0.2) is 25.2 Å². The topological polar surface area (TPSA) is 580 Å². The molecule has 0 bridgehead atoms. The standard InChI is InChI=1S/2C8H10O5.12H2O.3Tb/c2*9-6-2-4(7(10)11)1-5(3-6)8(12)13;;;;;;;;;;;;;;;/h2*1-3,7-13H;12*1H2;;;. The fourth-order valence-electron chi connectivity index (χ4n) is 1.91. The molecule has 0 aliphatic carbocycles. The fraction of sp³-hybridized carbons (Fsp3) is 0.250. The number of hydrogen-bond donors (Lipinski definition) is 10. The van der Waals surface area contributed by atoms with Gasteiger partial charge >= 0.3 is 0 Å². The molecule has 0 saturated carbocycles. The Kier molecular flexibility index (Phi) is 113. The normalized spacial score (nSPS) is 7.12. The quantitative estimate of drug-likeness (QED) is 0.129. The predicted molar refractivity (Wildman–Crippen MR) is 128 cm³/mol. The number of benzene rings is 2. The predicted octanol–water partition coefficient (Wildman–Crippen LogP) is -11.2. The van der Waals surface area contributed by atoms with Crippen LogP contribution >= 0.6 is 0 Å². The largest absolute Gasteiger partial charge is 0.508 e. The van der Waals surface area contributed by atoms with Crippen LogP contribution in [0.2, 0.25) is 0 Å². The van der Waals surface area contributed by atoms with E-state index in [1.54, 1.807) is 0 Å². The Morgan fingerprint density at radius 2 is 0.415 bits per heavy atom. The van der Waals surface area contributed by atoms with Crippen molar-refractivity contribution in [3.05, 3.63) is 58.7 Å². The van der Waals surface area contributed by atoms with Gasteiger partial charge in [-0.3, -0.25) is 0 Å². The van der Waals surface area contributed by atoms with Gasteiger partial charge in [0.1, 0.15) is 11.5 Å². The van der Waals surface area contributed by atoms with Gasteiger partial charge < -0.3 is 117 Å². The molecule has 0 atom stereocenters. The number of aliphatic hydroxyl groups excluding tert-OH is 4. The average Bonchev–Trinajstić information content (AvgIpc) is 2.54. The summed E-state index contributed by atoms with van der Waals surface area (Å²) in [6, 6.07) is 6.84. The Labute approximate surface area is 323 Å². The van der Waals surface area contributed by atoms with Gasteiger partial charge in [0.25, 0.3) is 0 Å². The van der Waals surface area contributed by atoms with E-state index in [2.05, 4.69) is 0 Å². The van der Waals surface area contributed by atoms with Crippen molar-refractivity contribution >= 4 is 0 Å². The third-order valence-corrected chi connectivity index (χ3v) is 3.12. The third-order valence-electron chi connectivity index (χ3n) is 3.12. The molecule has 3 radical (unpaired) electrons. The van der Waals surface area contributed by atoms with Crippen molar-refractivity contribution < 1.29 is 233 Å². The minimum Gasteiger partial charge on any atom is -0.508 e. The van der Waals surface area contributed by atoms with E-state index >= 15 is 0 Å². The first-order valence-corrected chi connectivity index (χ1v) is 7.13. The maximum absolute atomic E-state index is 9.05. The van der Waals surface area contributed by atoms with Gasteiger partial charge in [0.2, 0.25) is 0 Å². The molecule has 0 fully saturated rings. The van der Waals surface area contributed by atoms with E-state index in [1.165, 1.54) is 12.1 Å².